The van der Waals surface area contributed by atoms with Gasteiger partial charge in [0.15, 0.2) is 5.96 Å². The Labute approximate surface area is 173 Å². The van der Waals surface area contributed by atoms with E-state index in [-0.39, 0.29) is 41.7 Å². The number of hydrogen-bond donors (Lipinski definition) is 1. The topological polar surface area (TPSA) is 53.9 Å². The van der Waals surface area contributed by atoms with Crippen molar-refractivity contribution in [1.29, 1.82) is 0 Å². The molecule has 1 N–H and O–H groups in total. The third-order valence-electron chi connectivity index (χ3n) is 4.07. The van der Waals surface area contributed by atoms with Gasteiger partial charge < -0.3 is 15.0 Å². The van der Waals surface area contributed by atoms with E-state index in [1.165, 1.54) is 12.1 Å². The summed E-state index contributed by atoms with van der Waals surface area (Å²) in [7, 11) is 1.72. The molecule has 0 spiro atoms. The molecular weight excluding hydrogens is 504 g/mol. The molecule has 0 aromatic heterocycles. The van der Waals surface area contributed by atoms with Crippen LogP contribution >= 0.6 is 39.9 Å². The SMILES string of the molecule is CCOC(=O)C1CCN(C(=NC)NCc2cc(F)ccc2Br)CC1.I. The van der Waals surface area contributed by atoms with Crippen LogP contribution in [0.25, 0.3) is 0 Å². The molecule has 5 nitrogen and oxygen atoms in total. The van der Waals surface area contributed by atoms with Gasteiger partial charge >= 0.3 is 5.97 Å². The predicted octanol–water partition coefficient (Wildman–Crippen LogP) is 3.56. The van der Waals surface area contributed by atoms with E-state index in [1.807, 2.05) is 6.92 Å². The molecular formula is C17H24BrFIN3O2. The molecule has 2 rings (SSSR count). The van der Waals surface area contributed by atoms with Crippen LogP contribution in [0.2, 0.25) is 0 Å². The lowest BCUT2D eigenvalue weighted by molar-refractivity contribution is -0.149. The van der Waals surface area contributed by atoms with Gasteiger partial charge in [0.05, 0.1) is 12.5 Å². The predicted molar refractivity (Wildman–Crippen MR) is 111 cm³/mol. The van der Waals surface area contributed by atoms with Crippen LogP contribution in [0.4, 0.5) is 4.39 Å². The lowest BCUT2D eigenvalue weighted by atomic mass is 9.97. The van der Waals surface area contributed by atoms with E-state index in [1.54, 1.807) is 13.1 Å². The minimum absolute atomic E-state index is 0. The maximum atomic E-state index is 13.4. The third-order valence-corrected chi connectivity index (χ3v) is 4.84. The summed E-state index contributed by atoms with van der Waals surface area (Å²) in [5.41, 5.74) is 0.831. The van der Waals surface area contributed by atoms with Crippen LogP contribution in [0.1, 0.15) is 25.3 Å². The average molecular weight is 528 g/mol. The fraction of sp³-hybridized carbons (Fsp3) is 0.529. The van der Waals surface area contributed by atoms with Gasteiger partial charge in [-0.3, -0.25) is 9.79 Å². The second-order valence-corrected chi connectivity index (χ2v) is 6.50. The number of carbonyl (C=O) groups is 1. The highest BCUT2D eigenvalue weighted by Crippen LogP contribution is 2.20. The Morgan fingerprint density at radius 1 is 1.44 bits per heavy atom. The monoisotopic (exact) mass is 527 g/mol. The van der Waals surface area contributed by atoms with E-state index in [9.17, 15) is 9.18 Å². The average Bonchev–Trinajstić information content (AvgIpc) is 2.59. The molecule has 0 unspecified atom stereocenters. The summed E-state index contributed by atoms with van der Waals surface area (Å²) in [6.07, 6.45) is 1.51. The van der Waals surface area contributed by atoms with Crippen molar-refractivity contribution in [1.82, 2.24) is 10.2 Å². The number of nitrogens with one attached hydrogen (secondary N) is 1. The zero-order valence-corrected chi connectivity index (χ0v) is 18.3. The van der Waals surface area contributed by atoms with E-state index in [4.69, 9.17) is 4.74 Å². The lowest BCUT2D eigenvalue weighted by Gasteiger charge is -2.33. The number of nitrogens with zero attached hydrogens (tertiary/aromatic N) is 2. The molecule has 25 heavy (non-hydrogen) atoms. The molecule has 1 heterocycles. The van der Waals surface area contributed by atoms with Crippen LogP contribution in [0.15, 0.2) is 27.7 Å². The first-order chi connectivity index (χ1) is 11.5. The van der Waals surface area contributed by atoms with Crippen molar-refractivity contribution >= 4 is 51.8 Å². The first kappa shape index (κ1) is 22.1. The number of halogens is 3. The van der Waals surface area contributed by atoms with Gasteiger partial charge in [0, 0.05) is 31.2 Å². The van der Waals surface area contributed by atoms with Gasteiger partial charge in [-0.05, 0) is 43.5 Å². The van der Waals surface area contributed by atoms with Crippen molar-refractivity contribution in [2.24, 2.45) is 10.9 Å². The van der Waals surface area contributed by atoms with Crippen molar-refractivity contribution in [2.45, 2.75) is 26.3 Å². The van der Waals surface area contributed by atoms with Crippen molar-refractivity contribution < 1.29 is 13.9 Å². The molecule has 1 aromatic rings. The zero-order chi connectivity index (χ0) is 17.5. The molecule has 1 aliphatic rings. The summed E-state index contributed by atoms with van der Waals surface area (Å²) in [5, 5.41) is 3.26. The molecule has 1 aromatic carbocycles. The van der Waals surface area contributed by atoms with Gasteiger partial charge in [0.25, 0.3) is 0 Å². The number of guanidine groups is 1. The minimum atomic E-state index is -0.264. The van der Waals surface area contributed by atoms with Crippen molar-refractivity contribution in [3.63, 3.8) is 0 Å². The second-order valence-electron chi connectivity index (χ2n) is 5.65. The summed E-state index contributed by atoms with van der Waals surface area (Å²) >= 11 is 3.43. The van der Waals surface area contributed by atoms with Crippen LogP contribution in [0.3, 0.4) is 0 Å². The van der Waals surface area contributed by atoms with Crippen LogP contribution in [-0.2, 0) is 16.1 Å². The highest BCUT2D eigenvalue weighted by molar-refractivity contribution is 14.0. The second kappa shape index (κ2) is 10.9. The standard InChI is InChI=1S/C17H23BrFN3O2.HI/c1-3-24-16(23)12-6-8-22(9-7-12)17(20-2)21-11-13-10-14(19)4-5-15(13)18;/h4-5,10,12H,3,6-9,11H2,1-2H3,(H,20,21);1H. The van der Waals surface area contributed by atoms with E-state index in [0.29, 0.717) is 13.2 Å². The Morgan fingerprint density at radius 2 is 2.12 bits per heavy atom. The number of esters is 1. The Balaban J connectivity index is 0.00000312. The number of aliphatic imine (C=N–C) groups is 1. The fourth-order valence-corrected chi connectivity index (χ4v) is 3.16. The van der Waals surface area contributed by atoms with Gasteiger partial charge in [-0.15, -0.1) is 24.0 Å². The maximum Gasteiger partial charge on any atom is 0.309 e. The Kier molecular flexibility index (Phi) is 9.70. The fourth-order valence-electron chi connectivity index (χ4n) is 2.77. The molecule has 0 radical (unpaired) electrons. The smallest absolute Gasteiger partial charge is 0.309 e. The number of carbonyl (C=O) groups excluding carboxylic acids is 1. The van der Waals surface area contributed by atoms with Crippen LogP contribution in [-0.4, -0.2) is 43.6 Å². The first-order valence-electron chi connectivity index (χ1n) is 8.11. The van der Waals surface area contributed by atoms with Crippen molar-refractivity contribution in [2.75, 3.05) is 26.7 Å². The number of piperidine rings is 1. The number of benzene rings is 1. The molecule has 0 bridgehead atoms. The largest absolute Gasteiger partial charge is 0.466 e. The van der Waals surface area contributed by atoms with Crippen LogP contribution in [0.5, 0.6) is 0 Å². The Hall–Kier alpha value is -0.900. The van der Waals surface area contributed by atoms with Crippen molar-refractivity contribution in [3.05, 3.63) is 34.1 Å². The van der Waals surface area contributed by atoms with E-state index in [2.05, 4.69) is 31.1 Å². The lowest BCUT2D eigenvalue weighted by Crippen LogP contribution is -2.46. The quantitative estimate of drug-likeness (QED) is 0.281. The van der Waals surface area contributed by atoms with Crippen LogP contribution in [0, 0.1) is 11.7 Å². The van der Waals surface area contributed by atoms with Crippen LogP contribution < -0.4 is 5.32 Å². The number of rotatable bonds is 4. The first-order valence-corrected chi connectivity index (χ1v) is 8.90. The van der Waals surface area contributed by atoms with E-state index < -0.39 is 0 Å². The molecule has 1 fully saturated rings. The van der Waals surface area contributed by atoms with Gasteiger partial charge in [-0.25, -0.2) is 4.39 Å². The molecule has 1 saturated heterocycles. The van der Waals surface area contributed by atoms with Crippen molar-refractivity contribution in [3.8, 4) is 0 Å². The highest BCUT2D eigenvalue weighted by atomic mass is 127. The summed E-state index contributed by atoms with van der Waals surface area (Å²) in [6, 6.07) is 4.61. The number of hydrogen-bond acceptors (Lipinski definition) is 3. The zero-order valence-electron chi connectivity index (χ0n) is 14.4. The minimum Gasteiger partial charge on any atom is -0.466 e. The van der Waals surface area contributed by atoms with Gasteiger partial charge in [0.1, 0.15) is 5.82 Å². The highest BCUT2D eigenvalue weighted by Gasteiger charge is 2.27. The number of ether oxygens (including phenoxy) is 1. The summed E-state index contributed by atoms with van der Waals surface area (Å²) in [5.74, 6) is 0.356. The normalized spacial score (nSPS) is 15.5. The van der Waals surface area contributed by atoms with Gasteiger partial charge in [-0.1, -0.05) is 15.9 Å². The Bertz CT molecular complexity index is 608. The molecule has 0 atom stereocenters. The molecule has 140 valence electrons. The van der Waals surface area contributed by atoms with E-state index in [0.717, 1.165) is 41.9 Å². The summed E-state index contributed by atoms with van der Waals surface area (Å²) in [6.45, 7) is 4.21. The Morgan fingerprint density at radius 3 is 2.72 bits per heavy atom. The molecule has 0 amide bonds. The molecule has 0 aliphatic carbocycles. The maximum absolute atomic E-state index is 13.4. The molecule has 8 heteroatoms. The number of likely N-dealkylation sites (tertiary alicyclic amines) is 1. The summed E-state index contributed by atoms with van der Waals surface area (Å²) < 4.78 is 19.3. The van der Waals surface area contributed by atoms with Gasteiger partial charge in [-0.2, -0.15) is 0 Å². The molecule has 0 saturated carbocycles. The third kappa shape index (κ3) is 6.40. The summed E-state index contributed by atoms with van der Waals surface area (Å²) in [4.78, 5) is 18.2. The molecule has 1 aliphatic heterocycles. The van der Waals surface area contributed by atoms with E-state index >= 15 is 0 Å². The van der Waals surface area contributed by atoms with Gasteiger partial charge in [0.2, 0.25) is 0 Å².